The molecule has 0 amide bonds. The molecule has 2 N–H and O–H groups in total. The third-order valence-electron chi connectivity index (χ3n) is 4.15. The van der Waals surface area contributed by atoms with Crippen molar-refractivity contribution in [3.05, 3.63) is 54.6 Å². The van der Waals surface area contributed by atoms with E-state index < -0.39 is 9.84 Å². The van der Waals surface area contributed by atoms with E-state index in [-0.39, 0.29) is 88.7 Å². The van der Waals surface area contributed by atoms with Gasteiger partial charge in [0.25, 0.3) is 0 Å². The van der Waals surface area contributed by atoms with E-state index in [0.717, 1.165) is 17.4 Å². The fourth-order valence-electron chi connectivity index (χ4n) is 2.67. The Bertz CT molecular complexity index is 1220. The Morgan fingerprint density at radius 2 is 1.60 bits per heavy atom. The molecule has 176 valence electrons. The summed E-state index contributed by atoms with van der Waals surface area (Å²) in [5.74, 6) is -0.336. The van der Waals surface area contributed by atoms with Gasteiger partial charge in [-0.2, -0.15) is 9.45 Å². The molecule has 0 atom stereocenters. The number of nitrogen functional groups attached to an aromatic ring is 1. The molecule has 0 radical (unpaired) electrons. The second kappa shape index (κ2) is 16.5. The fourth-order valence-corrected chi connectivity index (χ4v) is 4.47. The monoisotopic (exact) mass is 559 g/mol. The van der Waals surface area contributed by atoms with Gasteiger partial charge in [-0.05, 0) is 47.9 Å². The van der Waals surface area contributed by atoms with E-state index in [9.17, 15) is 18.9 Å². The van der Waals surface area contributed by atoms with Crippen LogP contribution in [-0.2, 0) is 32.8 Å². The van der Waals surface area contributed by atoms with E-state index >= 15 is 0 Å². The van der Waals surface area contributed by atoms with Crippen molar-refractivity contribution in [1.82, 2.24) is 0 Å². The zero-order valence-corrected chi connectivity index (χ0v) is 24.9. The second-order valence-corrected chi connectivity index (χ2v) is 9.54. The average Bonchev–Trinajstić information content (AvgIpc) is 2.82. The third-order valence-corrected chi connectivity index (χ3v) is 6.79. The summed E-state index contributed by atoms with van der Waals surface area (Å²) < 4.78 is 37.6. The van der Waals surface area contributed by atoms with Crippen LogP contribution >= 0.6 is 24.4 Å². The zero-order chi connectivity index (χ0) is 23.7. The molecule has 0 aliphatic heterocycles. The quantitative estimate of drug-likeness (QED) is 0.0444. The van der Waals surface area contributed by atoms with Gasteiger partial charge < -0.3 is 16.2 Å². The van der Waals surface area contributed by atoms with Crippen LogP contribution in [0.15, 0.2) is 74.6 Å². The maximum Gasteiger partial charge on any atom is 1.00 e. The van der Waals surface area contributed by atoms with E-state index in [1.807, 2.05) is 6.07 Å². The topological polar surface area (TPSA) is 177 Å². The molecule has 12 nitrogen and oxygen atoms in total. The number of azo groups is 1. The molecule has 3 rings (SSSR count). The first kappa shape index (κ1) is 32.7. The molecular weight excluding hydrogens is 544 g/mol. The summed E-state index contributed by atoms with van der Waals surface area (Å²) in [6.07, 6.45) is 0. The van der Waals surface area contributed by atoms with Crippen LogP contribution in [0, 0.1) is 0 Å². The molecule has 3 aromatic carbocycles. The molecule has 0 saturated heterocycles. The molecule has 0 fully saturated rings. The van der Waals surface area contributed by atoms with Gasteiger partial charge in [-0.3, -0.25) is 14.3 Å². The Balaban J connectivity index is 0.00000306. The van der Waals surface area contributed by atoms with Crippen molar-refractivity contribution < 1.29 is 101 Å². The van der Waals surface area contributed by atoms with Gasteiger partial charge in [0.1, 0.15) is 5.69 Å². The molecule has 0 unspecified atom stereocenters. The first-order valence-electron chi connectivity index (χ1n) is 8.89. The third kappa shape index (κ3) is 9.82. The minimum Gasteiger partial charge on any atom is -0.691 e. The van der Waals surface area contributed by atoms with Crippen molar-refractivity contribution in [3.63, 3.8) is 0 Å². The minimum absolute atomic E-state index is 0. The number of hydrogen-bond acceptors (Lipinski definition) is 14. The summed E-state index contributed by atoms with van der Waals surface area (Å²) >= 11 is 0.973. The predicted octanol–water partition coefficient (Wildman–Crippen LogP) is -3.35. The number of benzene rings is 3. The number of anilines is 1. The van der Waals surface area contributed by atoms with Gasteiger partial charge in [0, 0.05) is 10.3 Å². The number of fused-ring (bicyclic) bond motifs is 1. The average molecular weight is 560 g/mol. The largest absolute Gasteiger partial charge is 1.00 e. The van der Waals surface area contributed by atoms with Crippen LogP contribution in [0.4, 0.5) is 17.1 Å². The SMILES string of the molecule is Nc1ccc2ccc(SOO[O-])cc2c1N=Nc1ccc(S(=O)(=O)CCOSOO[O-])cc1.[Na+].[Na+]. The van der Waals surface area contributed by atoms with Crippen molar-refractivity contribution in [2.45, 2.75) is 9.79 Å². The van der Waals surface area contributed by atoms with Gasteiger partial charge in [0.2, 0.25) is 0 Å². The molecule has 17 heteroatoms. The number of nitrogens with two attached hydrogens (primary N) is 1. The first-order chi connectivity index (χ1) is 15.9. The van der Waals surface area contributed by atoms with Crippen LogP contribution in [0.3, 0.4) is 0 Å². The molecule has 0 aliphatic carbocycles. The van der Waals surface area contributed by atoms with Gasteiger partial charge in [0.05, 0.1) is 40.7 Å². The maximum absolute atomic E-state index is 12.3. The summed E-state index contributed by atoms with van der Waals surface area (Å²) in [6, 6.07) is 14.5. The Morgan fingerprint density at radius 1 is 0.914 bits per heavy atom. The summed E-state index contributed by atoms with van der Waals surface area (Å²) in [5, 5.41) is 36.0. The van der Waals surface area contributed by atoms with Gasteiger partial charge in [-0.15, -0.1) is 9.45 Å². The Labute approximate surface area is 253 Å². The van der Waals surface area contributed by atoms with E-state index in [2.05, 4.69) is 29.0 Å². The van der Waals surface area contributed by atoms with Crippen molar-refractivity contribution in [3.8, 4) is 0 Å². The van der Waals surface area contributed by atoms with Crippen LogP contribution in [0.25, 0.3) is 10.8 Å². The Kier molecular flexibility index (Phi) is 15.4. The number of rotatable bonds is 12. The van der Waals surface area contributed by atoms with Gasteiger partial charge in [0.15, 0.2) is 22.2 Å². The van der Waals surface area contributed by atoms with Crippen molar-refractivity contribution in [2.24, 2.45) is 10.2 Å². The molecule has 0 spiro atoms. The molecular formula is C18H15N3Na2O9S3. The molecule has 0 heterocycles. The summed E-state index contributed by atoms with van der Waals surface area (Å²) in [7, 11) is -3.63. The van der Waals surface area contributed by atoms with Crippen molar-refractivity contribution in [2.75, 3.05) is 18.1 Å². The maximum atomic E-state index is 12.3. The molecule has 0 aliphatic rings. The van der Waals surface area contributed by atoms with Crippen LogP contribution in [0.1, 0.15) is 0 Å². The molecule has 3 aromatic rings. The van der Waals surface area contributed by atoms with Gasteiger partial charge in [-0.1, -0.05) is 12.1 Å². The van der Waals surface area contributed by atoms with Crippen molar-refractivity contribution >= 4 is 62.0 Å². The summed E-state index contributed by atoms with van der Waals surface area (Å²) in [5.41, 5.74) is 7.23. The molecule has 0 saturated carbocycles. The van der Waals surface area contributed by atoms with Crippen LogP contribution < -0.4 is 75.4 Å². The smallest absolute Gasteiger partial charge is 0.691 e. The summed E-state index contributed by atoms with van der Waals surface area (Å²) in [4.78, 5) is 0.646. The normalized spacial score (nSPS) is 11.4. The Morgan fingerprint density at radius 3 is 2.29 bits per heavy atom. The first-order valence-corrected chi connectivity index (χ1v) is 12.0. The van der Waals surface area contributed by atoms with Gasteiger partial charge in [-0.25, -0.2) is 8.42 Å². The van der Waals surface area contributed by atoms with E-state index in [4.69, 9.17) is 9.92 Å². The van der Waals surface area contributed by atoms with Crippen molar-refractivity contribution in [1.29, 1.82) is 0 Å². The predicted molar refractivity (Wildman–Crippen MR) is 115 cm³/mol. The second-order valence-electron chi connectivity index (χ2n) is 6.14. The minimum atomic E-state index is -3.63. The number of hydrogen-bond donors (Lipinski definition) is 1. The van der Waals surface area contributed by atoms with Crippen LogP contribution in [0.5, 0.6) is 0 Å². The molecule has 0 aromatic heterocycles. The zero-order valence-electron chi connectivity index (χ0n) is 18.5. The van der Waals surface area contributed by atoms with E-state index in [1.165, 1.54) is 24.3 Å². The van der Waals surface area contributed by atoms with E-state index in [0.29, 0.717) is 27.3 Å². The molecule has 0 bridgehead atoms. The van der Waals surface area contributed by atoms with Crippen LogP contribution in [-0.4, -0.2) is 20.8 Å². The fraction of sp³-hybridized carbons (Fsp3) is 0.111. The van der Waals surface area contributed by atoms with E-state index in [1.54, 1.807) is 24.3 Å². The Hall–Kier alpha value is -0.310. The van der Waals surface area contributed by atoms with Gasteiger partial charge >= 0.3 is 59.1 Å². The molecule has 35 heavy (non-hydrogen) atoms. The standard InChI is InChI=1S/C18H17N3O9S3.2Na/c19-17-8-2-12-1-5-14(31-29-27-22)11-16(12)18(17)21-20-13-3-6-15(7-4-13)33(24,25)10-9-26-32-30-28-23;;/h1-8,11,22-23H,9-10,19H2;;/q;2*+1/p-2. The number of nitrogens with zero attached hydrogens (tertiary/aromatic N) is 2. The van der Waals surface area contributed by atoms with Crippen LogP contribution in [0.2, 0.25) is 0 Å². The summed E-state index contributed by atoms with van der Waals surface area (Å²) in [6.45, 7) is -0.218. The number of sulfone groups is 1.